The summed E-state index contributed by atoms with van der Waals surface area (Å²) in [5.41, 5.74) is 2.32. The van der Waals surface area contributed by atoms with Gasteiger partial charge in [0.2, 0.25) is 0 Å². The quantitative estimate of drug-likeness (QED) is 0.824. The first kappa shape index (κ1) is 12.5. The van der Waals surface area contributed by atoms with Crippen LogP contribution >= 0.6 is 0 Å². The van der Waals surface area contributed by atoms with E-state index in [2.05, 4.69) is 55.0 Å². The van der Waals surface area contributed by atoms with Crippen molar-refractivity contribution in [3.05, 3.63) is 30.0 Å². The van der Waals surface area contributed by atoms with Crippen LogP contribution in [0.5, 0.6) is 0 Å². The third kappa shape index (κ3) is 2.47. The van der Waals surface area contributed by atoms with Gasteiger partial charge in [-0.1, -0.05) is 13.8 Å². The van der Waals surface area contributed by atoms with Crippen LogP contribution in [-0.4, -0.2) is 38.1 Å². The van der Waals surface area contributed by atoms with Crippen molar-refractivity contribution in [1.82, 2.24) is 4.90 Å². The lowest BCUT2D eigenvalue weighted by molar-refractivity contribution is 0.313. The molecule has 1 aliphatic rings. The van der Waals surface area contributed by atoms with Crippen molar-refractivity contribution in [2.45, 2.75) is 19.8 Å². The van der Waals surface area contributed by atoms with Crippen molar-refractivity contribution in [3.63, 3.8) is 0 Å². The van der Waals surface area contributed by atoms with E-state index in [1.807, 2.05) is 0 Å². The molecular weight excluding hydrogens is 236 g/mol. The summed E-state index contributed by atoms with van der Waals surface area (Å²) in [6, 6.07) is 8.73. The lowest BCUT2D eigenvalue weighted by atomic mass is 10.1. The summed E-state index contributed by atoms with van der Waals surface area (Å²) in [5.74, 6) is 1.52. The number of piperazine rings is 1. The van der Waals surface area contributed by atoms with Crippen LogP contribution in [0.4, 0.5) is 5.69 Å². The van der Waals surface area contributed by atoms with Crippen LogP contribution in [0.1, 0.15) is 25.5 Å². The molecule has 0 radical (unpaired) electrons. The molecule has 0 atom stereocenters. The van der Waals surface area contributed by atoms with Crippen molar-refractivity contribution >= 4 is 16.7 Å². The molecule has 3 rings (SSSR count). The van der Waals surface area contributed by atoms with E-state index in [1.54, 1.807) is 0 Å². The summed E-state index contributed by atoms with van der Waals surface area (Å²) in [7, 11) is 2.19. The number of rotatable bonds is 2. The zero-order valence-electron chi connectivity index (χ0n) is 12.0. The topological polar surface area (TPSA) is 19.6 Å². The summed E-state index contributed by atoms with van der Waals surface area (Å²) in [5, 5.41) is 1.22. The van der Waals surface area contributed by atoms with E-state index in [9.17, 15) is 0 Å². The van der Waals surface area contributed by atoms with Gasteiger partial charge >= 0.3 is 0 Å². The summed E-state index contributed by atoms with van der Waals surface area (Å²) in [6.07, 6.45) is 0. The zero-order chi connectivity index (χ0) is 13.4. The van der Waals surface area contributed by atoms with Gasteiger partial charge in [-0.25, -0.2) is 0 Å². The van der Waals surface area contributed by atoms with Gasteiger partial charge < -0.3 is 14.2 Å². The van der Waals surface area contributed by atoms with E-state index < -0.39 is 0 Å². The van der Waals surface area contributed by atoms with E-state index in [1.165, 1.54) is 11.1 Å². The second kappa shape index (κ2) is 4.89. The van der Waals surface area contributed by atoms with E-state index in [4.69, 9.17) is 4.42 Å². The molecule has 1 saturated heterocycles. The molecule has 19 heavy (non-hydrogen) atoms. The molecule has 1 fully saturated rings. The molecule has 0 spiro atoms. The average molecular weight is 258 g/mol. The van der Waals surface area contributed by atoms with Crippen LogP contribution < -0.4 is 4.90 Å². The number of likely N-dealkylation sites (N-methyl/N-ethyl adjacent to an activating group) is 1. The van der Waals surface area contributed by atoms with Gasteiger partial charge in [0, 0.05) is 43.2 Å². The molecule has 0 bridgehead atoms. The highest BCUT2D eigenvalue weighted by Crippen LogP contribution is 2.28. The Morgan fingerprint density at radius 2 is 1.79 bits per heavy atom. The molecule has 1 aromatic heterocycles. The predicted molar refractivity (Wildman–Crippen MR) is 80.0 cm³/mol. The zero-order valence-corrected chi connectivity index (χ0v) is 12.0. The first-order valence-corrected chi connectivity index (χ1v) is 7.10. The third-order valence-corrected chi connectivity index (χ3v) is 3.96. The van der Waals surface area contributed by atoms with Crippen LogP contribution in [0, 0.1) is 0 Å². The second-order valence-electron chi connectivity index (χ2n) is 5.82. The van der Waals surface area contributed by atoms with Crippen LogP contribution in [0.25, 0.3) is 11.0 Å². The Kier molecular flexibility index (Phi) is 3.23. The maximum absolute atomic E-state index is 5.86. The van der Waals surface area contributed by atoms with Gasteiger partial charge in [-0.05, 0) is 31.3 Å². The minimum Gasteiger partial charge on any atom is -0.461 e. The van der Waals surface area contributed by atoms with E-state index in [0.717, 1.165) is 37.5 Å². The van der Waals surface area contributed by atoms with Crippen molar-refractivity contribution in [3.8, 4) is 0 Å². The molecule has 3 nitrogen and oxygen atoms in total. The fourth-order valence-corrected chi connectivity index (χ4v) is 2.60. The molecule has 2 aromatic rings. The van der Waals surface area contributed by atoms with Gasteiger partial charge in [0.15, 0.2) is 0 Å². The van der Waals surface area contributed by atoms with E-state index >= 15 is 0 Å². The van der Waals surface area contributed by atoms with Gasteiger partial charge in [-0.2, -0.15) is 0 Å². The Labute approximate surface area is 114 Å². The largest absolute Gasteiger partial charge is 0.461 e. The van der Waals surface area contributed by atoms with Gasteiger partial charge in [0.25, 0.3) is 0 Å². The number of hydrogen-bond acceptors (Lipinski definition) is 3. The standard InChI is InChI=1S/C16H22N2O/c1-12(2)16-11-13-10-14(4-5-15(13)19-16)18-8-6-17(3)7-9-18/h4-5,10-12H,6-9H2,1-3H3. The predicted octanol–water partition coefficient (Wildman–Crippen LogP) is 3.31. The van der Waals surface area contributed by atoms with Crippen LogP contribution in [-0.2, 0) is 0 Å². The maximum Gasteiger partial charge on any atom is 0.134 e. The molecule has 0 N–H and O–H groups in total. The van der Waals surface area contributed by atoms with Gasteiger partial charge in [0.1, 0.15) is 11.3 Å². The second-order valence-corrected chi connectivity index (χ2v) is 5.82. The first-order valence-electron chi connectivity index (χ1n) is 7.10. The monoisotopic (exact) mass is 258 g/mol. The Balaban J connectivity index is 1.88. The number of furan rings is 1. The van der Waals surface area contributed by atoms with Gasteiger partial charge in [-0.3, -0.25) is 0 Å². The Morgan fingerprint density at radius 1 is 1.05 bits per heavy atom. The first-order chi connectivity index (χ1) is 9.13. The number of fused-ring (bicyclic) bond motifs is 1. The van der Waals surface area contributed by atoms with Crippen molar-refractivity contribution in [2.75, 3.05) is 38.1 Å². The fourth-order valence-electron chi connectivity index (χ4n) is 2.60. The summed E-state index contributed by atoms with van der Waals surface area (Å²) in [6.45, 7) is 8.83. The van der Waals surface area contributed by atoms with Gasteiger partial charge in [-0.15, -0.1) is 0 Å². The fraction of sp³-hybridized carbons (Fsp3) is 0.500. The van der Waals surface area contributed by atoms with E-state index in [0.29, 0.717) is 5.92 Å². The molecule has 0 saturated carbocycles. The molecule has 0 aliphatic carbocycles. The molecular formula is C16H22N2O. The lowest BCUT2D eigenvalue weighted by Crippen LogP contribution is -2.44. The molecule has 0 unspecified atom stereocenters. The summed E-state index contributed by atoms with van der Waals surface area (Å²) in [4.78, 5) is 4.84. The highest BCUT2D eigenvalue weighted by Gasteiger charge is 2.15. The Hall–Kier alpha value is -1.48. The SMILES string of the molecule is CC(C)c1cc2cc(N3CCN(C)CC3)ccc2o1. The van der Waals surface area contributed by atoms with Crippen molar-refractivity contribution < 1.29 is 4.42 Å². The molecule has 102 valence electrons. The average Bonchev–Trinajstić information content (AvgIpc) is 2.82. The van der Waals surface area contributed by atoms with Gasteiger partial charge in [0.05, 0.1) is 0 Å². The van der Waals surface area contributed by atoms with Crippen LogP contribution in [0.15, 0.2) is 28.7 Å². The number of hydrogen-bond donors (Lipinski definition) is 0. The number of benzene rings is 1. The highest BCUT2D eigenvalue weighted by atomic mass is 16.3. The third-order valence-electron chi connectivity index (χ3n) is 3.96. The molecule has 2 heterocycles. The lowest BCUT2D eigenvalue weighted by Gasteiger charge is -2.34. The minimum atomic E-state index is 0.444. The summed E-state index contributed by atoms with van der Waals surface area (Å²) < 4.78 is 5.86. The Morgan fingerprint density at radius 3 is 2.47 bits per heavy atom. The maximum atomic E-state index is 5.86. The smallest absolute Gasteiger partial charge is 0.134 e. The summed E-state index contributed by atoms with van der Waals surface area (Å²) >= 11 is 0. The number of anilines is 1. The highest BCUT2D eigenvalue weighted by molar-refractivity contribution is 5.82. The number of nitrogens with zero attached hydrogens (tertiary/aromatic N) is 2. The van der Waals surface area contributed by atoms with E-state index in [-0.39, 0.29) is 0 Å². The normalized spacial score (nSPS) is 17.6. The minimum absolute atomic E-state index is 0.444. The molecule has 1 aromatic carbocycles. The van der Waals surface area contributed by atoms with Crippen LogP contribution in [0.2, 0.25) is 0 Å². The van der Waals surface area contributed by atoms with Crippen molar-refractivity contribution in [1.29, 1.82) is 0 Å². The van der Waals surface area contributed by atoms with Crippen LogP contribution in [0.3, 0.4) is 0 Å². The molecule has 3 heteroatoms. The van der Waals surface area contributed by atoms with Crippen molar-refractivity contribution in [2.24, 2.45) is 0 Å². The Bertz CT molecular complexity index is 565. The molecule has 0 amide bonds. The molecule has 1 aliphatic heterocycles.